The van der Waals surface area contributed by atoms with Crippen LogP contribution in [-0.4, -0.2) is 50.5 Å². The highest BCUT2D eigenvalue weighted by molar-refractivity contribution is 7.89. The van der Waals surface area contributed by atoms with Crippen molar-refractivity contribution in [2.24, 2.45) is 0 Å². The Balaban J connectivity index is 1.61. The van der Waals surface area contributed by atoms with E-state index < -0.39 is 10.0 Å². The second kappa shape index (κ2) is 7.43. The number of aryl methyl sites for hydroxylation is 2. The zero-order valence-corrected chi connectivity index (χ0v) is 15.6. The topological polar surface area (TPSA) is 75.7 Å². The lowest BCUT2D eigenvalue weighted by Gasteiger charge is -2.32. The Morgan fingerprint density at radius 1 is 1.20 bits per heavy atom. The number of nitrogens with zero attached hydrogens (tertiary/aromatic N) is 1. The Morgan fingerprint density at radius 3 is 2.56 bits per heavy atom. The van der Waals surface area contributed by atoms with Gasteiger partial charge in [0, 0.05) is 25.7 Å². The van der Waals surface area contributed by atoms with Gasteiger partial charge in [-0.3, -0.25) is 4.79 Å². The molecular weight excluding hydrogens is 340 g/mol. The second-order valence-corrected chi connectivity index (χ2v) is 8.86. The van der Waals surface area contributed by atoms with Crippen molar-refractivity contribution >= 4 is 15.9 Å². The summed E-state index contributed by atoms with van der Waals surface area (Å²) in [6, 6.07) is 5.51. The Bertz CT molecular complexity index is 733. The van der Waals surface area contributed by atoms with E-state index in [-0.39, 0.29) is 18.1 Å². The van der Waals surface area contributed by atoms with Gasteiger partial charge in [-0.25, -0.2) is 8.42 Å². The lowest BCUT2D eigenvalue weighted by molar-refractivity contribution is -0.131. The lowest BCUT2D eigenvalue weighted by atomic mass is 10.1. The summed E-state index contributed by atoms with van der Waals surface area (Å²) in [5.74, 6) is -0.0617. The van der Waals surface area contributed by atoms with Crippen molar-refractivity contribution in [2.75, 3.05) is 19.7 Å². The molecule has 2 saturated heterocycles. The number of carbonyl (C=O) groups is 1. The Labute approximate surface area is 149 Å². The molecule has 2 fully saturated rings. The van der Waals surface area contributed by atoms with Gasteiger partial charge in [-0.15, -0.1) is 0 Å². The molecule has 1 aromatic rings. The lowest BCUT2D eigenvalue weighted by Crippen LogP contribution is -2.48. The maximum absolute atomic E-state index is 12.9. The molecule has 1 atom stereocenters. The number of amides is 1. The third kappa shape index (κ3) is 4.04. The number of ether oxygens (including phenoxy) is 1. The average molecular weight is 366 g/mol. The van der Waals surface area contributed by atoms with Gasteiger partial charge < -0.3 is 10.1 Å². The van der Waals surface area contributed by atoms with Crippen LogP contribution in [0.3, 0.4) is 0 Å². The molecule has 3 rings (SSSR count). The zero-order valence-electron chi connectivity index (χ0n) is 14.8. The van der Waals surface area contributed by atoms with E-state index in [9.17, 15) is 13.2 Å². The molecule has 25 heavy (non-hydrogen) atoms. The monoisotopic (exact) mass is 366 g/mol. The van der Waals surface area contributed by atoms with E-state index in [1.165, 1.54) is 4.31 Å². The molecule has 0 aromatic heterocycles. The molecular formula is C18H26N2O4S. The minimum absolute atomic E-state index is 0.0155. The smallest absolute Gasteiger partial charge is 0.249 e. The van der Waals surface area contributed by atoms with Crippen LogP contribution in [0.25, 0.3) is 0 Å². The molecule has 6 nitrogen and oxygen atoms in total. The molecule has 2 aliphatic heterocycles. The third-order valence-corrected chi connectivity index (χ3v) is 7.02. The quantitative estimate of drug-likeness (QED) is 0.881. The maximum atomic E-state index is 12.9. The fraction of sp³-hybridized carbons (Fsp3) is 0.611. The van der Waals surface area contributed by atoms with Crippen LogP contribution >= 0.6 is 0 Å². The van der Waals surface area contributed by atoms with E-state index in [0.717, 1.165) is 24.0 Å². The van der Waals surface area contributed by atoms with Crippen LogP contribution in [0, 0.1) is 13.8 Å². The van der Waals surface area contributed by atoms with Crippen molar-refractivity contribution in [3.05, 3.63) is 29.3 Å². The Hall–Kier alpha value is -1.44. The van der Waals surface area contributed by atoms with Crippen molar-refractivity contribution in [1.29, 1.82) is 0 Å². The largest absolute Gasteiger partial charge is 0.368 e. The van der Waals surface area contributed by atoms with Crippen molar-refractivity contribution < 1.29 is 17.9 Å². The average Bonchev–Trinajstić information content (AvgIpc) is 3.12. The fourth-order valence-corrected chi connectivity index (χ4v) is 5.22. The maximum Gasteiger partial charge on any atom is 0.249 e. The first kappa shape index (κ1) is 18.4. The first-order valence-electron chi connectivity index (χ1n) is 8.87. The van der Waals surface area contributed by atoms with E-state index in [1.807, 2.05) is 26.0 Å². The van der Waals surface area contributed by atoms with Crippen LogP contribution in [0.5, 0.6) is 0 Å². The zero-order chi connectivity index (χ0) is 18.0. The minimum atomic E-state index is -3.49. The van der Waals surface area contributed by atoms with Crippen molar-refractivity contribution in [2.45, 2.75) is 56.6 Å². The van der Waals surface area contributed by atoms with Gasteiger partial charge in [0.2, 0.25) is 15.9 Å². The molecule has 1 N–H and O–H groups in total. The van der Waals surface area contributed by atoms with Crippen LogP contribution in [0.2, 0.25) is 0 Å². The number of hydrogen-bond donors (Lipinski definition) is 1. The van der Waals surface area contributed by atoms with Gasteiger partial charge in [-0.2, -0.15) is 4.31 Å². The highest BCUT2D eigenvalue weighted by atomic mass is 32.2. The van der Waals surface area contributed by atoms with Gasteiger partial charge in [0.15, 0.2) is 0 Å². The van der Waals surface area contributed by atoms with E-state index in [1.54, 1.807) is 6.07 Å². The third-order valence-electron chi connectivity index (χ3n) is 4.98. The molecule has 1 aromatic carbocycles. The molecule has 0 radical (unpaired) electrons. The number of carbonyl (C=O) groups excluding carboxylic acids is 1. The van der Waals surface area contributed by atoms with Crippen LogP contribution in [0.4, 0.5) is 0 Å². The molecule has 1 unspecified atom stereocenters. The second-order valence-electron chi connectivity index (χ2n) is 6.96. The number of hydrogen-bond acceptors (Lipinski definition) is 4. The fourth-order valence-electron chi connectivity index (χ4n) is 3.44. The van der Waals surface area contributed by atoms with Gasteiger partial charge in [0.25, 0.3) is 0 Å². The predicted molar refractivity (Wildman–Crippen MR) is 94.8 cm³/mol. The van der Waals surface area contributed by atoms with E-state index in [0.29, 0.717) is 37.4 Å². The summed E-state index contributed by atoms with van der Waals surface area (Å²) in [5.41, 5.74) is 1.70. The van der Waals surface area contributed by atoms with E-state index in [4.69, 9.17) is 4.74 Å². The number of sulfonamides is 1. The van der Waals surface area contributed by atoms with Crippen molar-refractivity contribution in [3.8, 4) is 0 Å². The number of benzene rings is 1. The summed E-state index contributed by atoms with van der Waals surface area (Å²) in [6.45, 7) is 5.20. The molecule has 138 valence electrons. The SMILES string of the molecule is Cc1ccc(C)c(S(=O)(=O)N2CCC(NC(=O)C3CCCO3)CC2)c1. The van der Waals surface area contributed by atoms with Crippen LogP contribution in [-0.2, 0) is 19.6 Å². The Morgan fingerprint density at radius 2 is 1.92 bits per heavy atom. The number of piperidine rings is 1. The van der Waals surface area contributed by atoms with Gasteiger partial charge >= 0.3 is 0 Å². The normalized spacial score (nSPS) is 22.9. The minimum Gasteiger partial charge on any atom is -0.368 e. The molecule has 0 spiro atoms. The van der Waals surface area contributed by atoms with Gasteiger partial charge in [0.1, 0.15) is 6.10 Å². The van der Waals surface area contributed by atoms with Gasteiger partial charge in [0.05, 0.1) is 4.90 Å². The summed E-state index contributed by atoms with van der Waals surface area (Å²) in [7, 11) is -3.49. The molecule has 0 bridgehead atoms. The highest BCUT2D eigenvalue weighted by Crippen LogP contribution is 2.24. The van der Waals surface area contributed by atoms with E-state index >= 15 is 0 Å². The summed E-state index contributed by atoms with van der Waals surface area (Å²) >= 11 is 0. The first-order valence-corrected chi connectivity index (χ1v) is 10.3. The number of rotatable bonds is 4. The van der Waals surface area contributed by atoms with E-state index in [2.05, 4.69) is 5.32 Å². The molecule has 2 aliphatic rings. The van der Waals surface area contributed by atoms with Crippen molar-refractivity contribution in [1.82, 2.24) is 9.62 Å². The van der Waals surface area contributed by atoms with Gasteiger partial charge in [-0.1, -0.05) is 12.1 Å². The van der Waals surface area contributed by atoms with Crippen molar-refractivity contribution in [3.63, 3.8) is 0 Å². The van der Waals surface area contributed by atoms with Crippen LogP contribution in [0.15, 0.2) is 23.1 Å². The predicted octanol–water partition coefficient (Wildman–Crippen LogP) is 1.75. The molecule has 1 amide bonds. The molecule has 2 heterocycles. The van der Waals surface area contributed by atoms with Gasteiger partial charge in [-0.05, 0) is 56.7 Å². The molecule has 0 aliphatic carbocycles. The molecule has 0 saturated carbocycles. The van der Waals surface area contributed by atoms with Crippen LogP contribution in [0.1, 0.15) is 36.8 Å². The van der Waals surface area contributed by atoms with Crippen LogP contribution < -0.4 is 5.32 Å². The number of nitrogens with one attached hydrogen (secondary N) is 1. The standard InChI is InChI=1S/C18H26N2O4S/c1-13-5-6-14(2)17(12-13)25(22,23)20-9-7-15(8-10-20)19-18(21)16-4-3-11-24-16/h5-6,12,15-16H,3-4,7-11H2,1-2H3,(H,19,21). The Kier molecular flexibility index (Phi) is 5.46. The summed E-state index contributed by atoms with van der Waals surface area (Å²) in [4.78, 5) is 12.5. The summed E-state index contributed by atoms with van der Waals surface area (Å²) in [5, 5.41) is 3.01. The summed E-state index contributed by atoms with van der Waals surface area (Å²) in [6.07, 6.45) is 2.61. The summed E-state index contributed by atoms with van der Waals surface area (Å²) < 4.78 is 32.8. The highest BCUT2D eigenvalue weighted by Gasteiger charge is 2.32. The first-order chi connectivity index (χ1) is 11.9. The molecule has 7 heteroatoms.